The van der Waals surface area contributed by atoms with Crippen LogP contribution in [0.2, 0.25) is 0 Å². The minimum absolute atomic E-state index is 0.0482. The summed E-state index contributed by atoms with van der Waals surface area (Å²) in [5.74, 6) is 0.662. The maximum atomic E-state index is 12.9. The molecular weight excluding hydrogens is 306 g/mol. The van der Waals surface area contributed by atoms with E-state index in [4.69, 9.17) is 0 Å². The number of aryl methyl sites for hydroxylation is 1. The number of carbonyl (C=O) groups is 1. The van der Waals surface area contributed by atoms with Crippen molar-refractivity contribution in [1.82, 2.24) is 15.1 Å². The first-order chi connectivity index (χ1) is 11.2. The number of H-pyrrole nitrogens is 1. The van der Waals surface area contributed by atoms with E-state index >= 15 is 0 Å². The van der Waals surface area contributed by atoms with Crippen molar-refractivity contribution >= 4 is 17.7 Å². The Labute approximate surface area is 140 Å². The number of nitrogens with one attached hydrogen (secondary N) is 1. The molecule has 1 saturated heterocycles. The predicted molar refractivity (Wildman–Crippen MR) is 91.7 cm³/mol. The van der Waals surface area contributed by atoms with Crippen molar-refractivity contribution in [2.45, 2.75) is 42.2 Å². The lowest BCUT2D eigenvalue weighted by atomic mass is 9.94. The molecule has 2 aromatic rings. The summed E-state index contributed by atoms with van der Waals surface area (Å²) in [6, 6.07) is 10.5. The summed E-state index contributed by atoms with van der Waals surface area (Å²) in [7, 11) is 0. The van der Waals surface area contributed by atoms with E-state index in [2.05, 4.69) is 45.4 Å². The quantitative estimate of drug-likeness (QED) is 0.922. The zero-order valence-electron chi connectivity index (χ0n) is 13.3. The monoisotopic (exact) mass is 327 g/mol. The molecule has 1 fully saturated rings. The molecule has 2 atom stereocenters. The van der Waals surface area contributed by atoms with Crippen molar-refractivity contribution in [1.29, 1.82) is 0 Å². The molecule has 23 heavy (non-hydrogen) atoms. The highest BCUT2D eigenvalue weighted by atomic mass is 32.2. The van der Waals surface area contributed by atoms with Gasteiger partial charge in [-0.05, 0) is 43.9 Å². The number of nitrogens with zero attached hydrogens (tertiary/aromatic N) is 2. The van der Waals surface area contributed by atoms with E-state index in [1.807, 2.05) is 6.92 Å². The van der Waals surface area contributed by atoms with Crippen molar-refractivity contribution in [3.63, 3.8) is 0 Å². The number of aromatic amines is 1. The molecule has 3 heterocycles. The third kappa shape index (κ3) is 2.90. The number of hydrogen-bond acceptors (Lipinski definition) is 3. The predicted octanol–water partition coefficient (Wildman–Crippen LogP) is 3.14. The topological polar surface area (TPSA) is 49.0 Å². The Hall–Kier alpha value is -1.75. The Bertz CT molecular complexity index is 702. The molecular formula is C18H21N3OS. The Kier molecular flexibility index (Phi) is 3.89. The molecule has 0 spiro atoms. The SMILES string of the molecule is Cc1cc([C@@H]2CCCN(C(=O)[C@@H]3Cc4ccccc4S3)C2)n[nH]1. The van der Waals surface area contributed by atoms with Gasteiger partial charge >= 0.3 is 0 Å². The van der Waals surface area contributed by atoms with Gasteiger partial charge in [0.05, 0.1) is 10.9 Å². The molecule has 4 nitrogen and oxygen atoms in total. The summed E-state index contributed by atoms with van der Waals surface area (Å²) >= 11 is 1.73. The van der Waals surface area contributed by atoms with E-state index in [9.17, 15) is 4.79 Å². The molecule has 120 valence electrons. The molecule has 2 aliphatic rings. The van der Waals surface area contributed by atoms with Gasteiger partial charge in [0.15, 0.2) is 0 Å². The van der Waals surface area contributed by atoms with Gasteiger partial charge in [-0.3, -0.25) is 9.89 Å². The molecule has 0 bridgehead atoms. The van der Waals surface area contributed by atoms with Crippen LogP contribution in [-0.2, 0) is 11.2 Å². The Morgan fingerprint density at radius 2 is 2.26 bits per heavy atom. The van der Waals surface area contributed by atoms with Crippen LogP contribution in [0.3, 0.4) is 0 Å². The number of likely N-dealkylation sites (tertiary alicyclic amines) is 1. The van der Waals surface area contributed by atoms with E-state index in [1.165, 1.54) is 10.5 Å². The van der Waals surface area contributed by atoms with E-state index in [1.54, 1.807) is 11.8 Å². The van der Waals surface area contributed by atoms with Crippen LogP contribution in [0.5, 0.6) is 0 Å². The van der Waals surface area contributed by atoms with Crippen molar-refractivity contribution in [3.8, 4) is 0 Å². The fraction of sp³-hybridized carbons (Fsp3) is 0.444. The van der Waals surface area contributed by atoms with Gasteiger partial charge in [0.25, 0.3) is 0 Å². The number of carbonyl (C=O) groups excluding carboxylic acids is 1. The molecule has 2 aliphatic heterocycles. The van der Waals surface area contributed by atoms with Crippen molar-refractivity contribution < 1.29 is 4.79 Å². The number of rotatable bonds is 2. The number of aromatic nitrogens is 2. The lowest BCUT2D eigenvalue weighted by molar-refractivity contribution is -0.131. The zero-order chi connectivity index (χ0) is 15.8. The van der Waals surface area contributed by atoms with Gasteiger partial charge in [0.2, 0.25) is 5.91 Å². The zero-order valence-corrected chi connectivity index (χ0v) is 14.1. The summed E-state index contributed by atoms with van der Waals surface area (Å²) < 4.78 is 0. The van der Waals surface area contributed by atoms with Gasteiger partial charge < -0.3 is 4.90 Å². The van der Waals surface area contributed by atoms with Crippen LogP contribution in [0.1, 0.15) is 35.7 Å². The Morgan fingerprint density at radius 3 is 3.04 bits per heavy atom. The number of thioether (sulfide) groups is 1. The van der Waals surface area contributed by atoms with Crippen LogP contribution in [0.25, 0.3) is 0 Å². The molecule has 5 heteroatoms. The largest absolute Gasteiger partial charge is 0.341 e. The fourth-order valence-corrected chi connectivity index (χ4v) is 4.87. The first-order valence-electron chi connectivity index (χ1n) is 8.26. The minimum Gasteiger partial charge on any atom is -0.341 e. The molecule has 1 amide bonds. The average Bonchev–Trinajstić information content (AvgIpc) is 3.20. The number of amides is 1. The summed E-state index contributed by atoms with van der Waals surface area (Å²) in [6.07, 6.45) is 3.04. The molecule has 0 aliphatic carbocycles. The summed E-state index contributed by atoms with van der Waals surface area (Å²) in [6.45, 7) is 3.71. The second kappa shape index (κ2) is 6.04. The first-order valence-corrected chi connectivity index (χ1v) is 9.14. The molecule has 4 rings (SSSR count). The van der Waals surface area contributed by atoms with E-state index in [0.717, 1.165) is 43.7 Å². The van der Waals surface area contributed by atoms with Crippen LogP contribution in [0, 0.1) is 6.92 Å². The van der Waals surface area contributed by atoms with Crippen LogP contribution >= 0.6 is 11.8 Å². The van der Waals surface area contributed by atoms with Crippen LogP contribution in [-0.4, -0.2) is 39.3 Å². The molecule has 0 unspecified atom stereocenters. The van der Waals surface area contributed by atoms with Gasteiger partial charge in [-0.2, -0.15) is 5.10 Å². The summed E-state index contributed by atoms with van der Waals surface area (Å²) in [4.78, 5) is 16.3. The number of benzene rings is 1. The van der Waals surface area contributed by atoms with Crippen molar-refractivity contribution in [2.75, 3.05) is 13.1 Å². The van der Waals surface area contributed by atoms with Gasteiger partial charge in [-0.25, -0.2) is 0 Å². The molecule has 1 N–H and O–H groups in total. The van der Waals surface area contributed by atoms with E-state index < -0.39 is 0 Å². The van der Waals surface area contributed by atoms with Gasteiger partial charge in [-0.1, -0.05) is 18.2 Å². The Balaban J connectivity index is 1.45. The number of fused-ring (bicyclic) bond motifs is 1. The minimum atomic E-state index is 0.0482. The maximum absolute atomic E-state index is 12.9. The number of piperidine rings is 1. The van der Waals surface area contributed by atoms with Gasteiger partial charge in [0.1, 0.15) is 0 Å². The van der Waals surface area contributed by atoms with Crippen LogP contribution in [0.4, 0.5) is 0 Å². The molecule has 0 radical (unpaired) electrons. The highest BCUT2D eigenvalue weighted by Crippen LogP contribution is 2.38. The third-order valence-electron chi connectivity index (χ3n) is 4.80. The van der Waals surface area contributed by atoms with Crippen molar-refractivity contribution in [3.05, 3.63) is 47.3 Å². The second-order valence-electron chi connectivity index (χ2n) is 6.52. The first kappa shape index (κ1) is 14.8. The molecule has 0 saturated carbocycles. The highest BCUT2D eigenvalue weighted by Gasteiger charge is 2.34. The lowest BCUT2D eigenvalue weighted by Gasteiger charge is -2.33. The fourth-order valence-electron chi connectivity index (χ4n) is 3.59. The average molecular weight is 327 g/mol. The highest BCUT2D eigenvalue weighted by molar-refractivity contribution is 8.01. The Morgan fingerprint density at radius 1 is 1.39 bits per heavy atom. The van der Waals surface area contributed by atoms with E-state index in [0.29, 0.717) is 11.8 Å². The molecule has 1 aromatic heterocycles. The van der Waals surface area contributed by atoms with Crippen molar-refractivity contribution in [2.24, 2.45) is 0 Å². The number of hydrogen-bond donors (Lipinski definition) is 1. The summed E-state index contributed by atoms with van der Waals surface area (Å²) in [5.41, 5.74) is 3.50. The van der Waals surface area contributed by atoms with E-state index in [-0.39, 0.29) is 5.25 Å². The normalized spacial score (nSPS) is 23.8. The van der Waals surface area contributed by atoms with Gasteiger partial charge in [0, 0.05) is 29.6 Å². The summed E-state index contributed by atoms with van der Waals surface area (Å²) in [5, 5.41) is 7.46. The third-order valence-corrected chi connectivity index (χ3v) is 6.10. The smallest absolute Gasteiger partial charge is 0.236 e. The van der Waals surface area contributed by atoms with Crippen LogP contribution < -0.4 is 0 Å². The van der Waals surface area contributed by atoms with Gasteiger partial charge in [-0.15, -0.1) is 11.8 Å². The molecule has 1 aromatic carbocycles. The second-order valence-corrected chi connectivity index (χ2v) is 7.76. The van der Waals surface area contributed by atoms with Crippen LogP contribution in [0.15, 0.2) is 35.2 Å². The maximum Gasteiger partial charge on any atom is 0.236 e. The standard InChI is InChI=1S/C18H21N3OS/c1-12-9-15(20-19-12)14-6-4-8-21(11-14)18(22)17-10-13-5-2-3-7-16(13)23-17/h2-3,5,7,9,14,17H,4,6,8,10-11H2,1H3,(H,19,20)/t14-,17+/m1/s1. The lowest BCUT2D eigenvalue weighted by Crippen LogP contribution is -2.43.